The monoisotopic (exact) mass is 481 g/mol. The molecule has 0 atom stereocenters. The second-order valence-corrected chi connectivity index (χ2v) is 9.82. The largest absolute Gasteiger partial charge is 0.352 e. The standard InChI is InChI=1S/C24H27N5O4S/c1-26-34(32,33)16-18-10-8-17(9-11-18)15-27-23(31)13-12-22(30)19(14-25)24-28(2)20-6-4-5-7-21(20)29(24)3/h4-11,26H,12-13,15-16H2,1-3H3,(H,27,31). The van der Waals surface area contributed by atoms with Crippen molar-refractivity contribution in [2.24, 2.45) is 0 Å². The number of rotatable bonds is 9. The number of hydrogen-bond acceptors (Lipinski definition) is 7. The van der Waals surface area contributed by atoms with Crippen molar-refractivity contribution in [3.8, 4) is 6.07 Å². The molecule has 0 unspecified atom stereocenters. The summed E-state index contributed by atoms with van der Waals surface area (Å²) in [6.45, 7) is 0.249. The van der Waals surface area contributed by atoms with Gasteiger partial charge in [0.2, 0.25) is 15.9 Å². The lowest BCUT2D eigenvalue weighted by Crippen LogP contribution is -2.27. The van der Waals surface area contributed by atoms with Gasteiger partial charge in [-0.1, -0.05) is 36.4 Å². The van der Waals surface area contributed by atoms with Crippen molar-refractivity contribution in [3.63, 3.8) is 0 Å². The maximum absolute atomic E-state index is 12.8. The average Bonchev–Trinajstić information content (AvgIpc) is 3.08. The van der Waals surface area contributed by atoms with Crippen LogP contribution in [0.1, 0.15) is 24.0 Å². The number of ketones is 1. The van der Waals surface area contributed by atoms with Crippen molar-refractivity contribution in [2.45, 2.75) is 25.1 Å². The van der Waals surface area contributed by atoms with Crippen LogP contribution in [0.2, 0.25) is 0 Å². The summed E-state index contributed by atoms with van der Waals surface area (Å²) in [5.41, 5.74) is 3.25. The SMILES string of the molecule is CNS(=O)(=O)Cc1ccc(CNC(=O)CCC(=O)C(C#N)=C2N(C)c3ccccc3N2C)cc1. The Kier molecular flexibility index (Phi) is 7.71. The molecule has 0 bridgehead atoms. The molecule has 1 aliphatic rings. The van der Waals surface area contributed by atoms with Crippen LogP contribution in [-0.4, -0.2) is 41.3 Å². The van der Waals surface area contributed by atoms with Crippen LogP contribution in [0.5, 0.6) is 0 Å². The molecule has 1 heterocycles. The van der Waals surface area contributed by atoms with E-state index in [0.717, 1.165) is 16.9 Å². The molecule has 0 saturated carbocycles. The minimum absolute atomic E-state index is 0.0149. The number of Topliss-reactive ketones (excluding diaryl/α,β-unsaturated/α-hetero) is 1. The van der Waals surface area contributed by atoms with Gasteiger partial charge in [0, 0.05) is 33.5 Å². The Bertz CT molecular complexity index is 1230. The molecule has 3 rings (SSSR count). The summed E-state index contributed by atoms with van der Waals surface area (Å²) in [5.74, 6) is -0.331. The van der Waals surface area contributed by atoms with Gasteiger partial charge < -0.3 is 15.1 Å². The zero-order valence-corrected chi connectivity index (χ0v) is 20.1. The third-order valence-electron chi connectivity index (χ3n) is 5.61. The Morgan fingerprint density at radius 2 is 1.50 bits per heavy atom. The highest BCUT2D eigenvalue weighted by Crippen LogP contribution is 2.40. The van der Waals surface area contributed by atoms with E-state index in [0.29, 0.717) is 11.4 Å². The van der Waals surface area contributed by atoms with Crippen LogP contribution in [0.15, 0.2) is 59.9 Å². The number of nitrogens with one attached hydrogen (secondary N) is 2. The van der Waals surface area contributed by atoms with Gasteiger partial charge in [0.25, 0.3) is 0 Å². The van der Waals surface area contributed by atoms with Gasteiger partial charge in [-0.3, -0.25) is 9.59 Å². The Labute approximate surface area is 199 Å². The van der Waals surface area contributed by atoms with Gasteiger partial charge in [-0.15, -0.1) is 0 Å². The first-order valence-electron chi connectivity index (χ1n) is 10.7. The van der Waals surface area contributed by atoms with E-state index in [1.54, 1.807) is 48.2 Å². The average molecular weight is 482 g/mol. The van der Waals surface area contributed by atoms with Gasteiger partial charge in [0.15, 0.2) is 5.78 Å². The molecule has 178 valence electrons. The number of fused-ring (bicyclic) bond motifs is 1. The number of nitriles is 1. The van der Waals surface area contributed by atoms with E-state index in [-0.39, 0.29) is 36.6 Å². The van der Waals surface area contributed by atoms with Crippen molar-refractivity contribution in [3.05, 3.63) is 71.1 Å². The highest BCUT2D eigenvalue weighted by atomic mass is 32.2. The smallest absolute Gasteiger partial charge is 0.220 e. The first-order chi connectivity index (χ1) is 16.2. The molecule has 2 N–H and O–H groups in total. The lowest BCUT2D eigenvalue weighted by molar-refractivity contribution is -0.124. The summed E-state index contributed by atoms with van der Waals surface area (Å²) >= 11 is 0. The number of benzene rings is 2. The van der Waals surface area contributed by atoms with Crippen LogP contribution in [0, 0.1) is 11.3 Å². The topological polar surface area (TPSA) is 123 Å². The third-order valence-corrected chi connectivity index (χ3v) is 6.95. The van der Waals surface area contributed by atoms with E-state index in [1.165, 1.54) is 7.05 Å². The highest BCUT2D eigenvalue weighted by Gasteiger charge is 2.31. The van der Waals surface area contributed by atoms with Gasteiger partial charge in [0.1, 0.15) is 17.5 Å². The number of allylic oxidation sites excluding steroid dienone is 1. The van der Waals surface area contributed by atoms with E-state index >= 15 is 0 Å². The van der Waals surface area contributed by atoms with Gasteiger partial charge >= 0.3 is 0 Å². The molecule has 1 amide bonds. The minimum Gasteiger partial charge on any atom is -0.352 e. The van der Waals surface area contributed by atoms with Crippen molar-refractivity contribution >= 4 is 33.1 Å². The molecule has 2 aromatic carbocycles. The van der Waals surface area contributed by atoms with Crippen LogP contribution >= 0.6 is 0 Å². The maximum atomic E-state index is 12.8. The molecule has 1 aliphatic heterocycles. The Hall–Kier alpha value is -3.68. The Morgan fingerprint density at radius 3 is 2.03 bits per heavy atom. The van der Waals surface area contributed by atoms with Crippen molar-refractivity contribution < 1.29 is 18.0 Å². The predicted molar refractivity (Wildman–Crippen MR) is 130 cm³/mol. The number of carbonyl (C=O) groups excluding carboxylic acids is 2. The van der Waals surface area contributed by atoms with Crippen molar-refractivity contribution in [1.29, 1.82) is 5.26 Å². The van der Waals surface area contributed by atoms with E-state index in [1.807, 2.05) is 30.3 Å². The number of hydrogen-bond donors (Lipinski definition) is 2. The van der Waals surface area contributed by atoms with Crippen LogP contribution in [0.3, 0.4) is 0 Å². The second kappa shape index (κ2) is 10.5. The van der Waals surface area contributed by atoms with E-state index in [9.17, 15) is 23.3 Å². The molecular weight excluding hydrogens is 454 g/mol. The van der Waals surface area contributed by atoms with Crippen LogP contribution in [0.25, 0.3) is 0 Å². The molecule has 10 heteroatoms. The minimum atomic E-state index is -3.35. The number of anilines is 2. The molecule has 9 nitrogen and oxygen atoms in total. The molecule has 0 fully saturated rings. The summed E-state index contributed by atoms with van der Waals surface area (Å²) in [7, 11) is 1.62. The fraction of sp³-hybridized carbons (Fsp3) is 0.292. The number of para-hydroxylation sites is 2. The Morgan fingerprint density at radius 1 is 0.941 bits per heavy atom. The highest BCUT2D eigenvalue weighted by molar-refractivity contribution is 7.88. The third kappa shape index (κ3) is 5.62. The summed E-state index contributed by atoms with van der Waals surface area (Å²) in [6.07, 6.45) is -0.132. The van der Waals surface area contributed by atoms with Gasteiger partial charge in [0.05, 0.1) is 17.1 Å². The lowest BCUT2D eigenvalue weighted by Gasteiger charge is -2.19. The number of sulfonamides is 1. The van der Waals surface area contributed by atoms with Crippen LogP contribution < -0.4 is 19.8 Å². The molecule has 0 spiro atoms. The molecule has 2 aromatic rings. The first-order valence-corrected chi connectivity index (χ1v) is 12.3. The van der Waals surface area contributed by atoms with Crippen LogP contribution in [0.4, 0.5) is 11.4 Å². The molecular formula is C24H27N5O4S. The van der Waals surface area contributed by atoms with Gasteiger partial charge in [-0.25, -0.2) is 13.1 Å². The Balaban J connectivity index is 1.56. The summed E-state index contributed by atoms with van der Waals surface area (Å²) in [4.78, 5) is 28.7. The van der Waals surface area contributed by atoms with Gasteiger partial charge in [-0.2, -0.15) is 5.26 Å². The van der Waals surface area contributed by atoms with E-state index in [4.69, 9.17) is 0 Å². The van der Waals surface area contributed by atoms with Crippen LogP contribution in [-0.2, 0) is 31.9 Å². The summed E-state index contributed by atoms with van der Waals surface area (Å²) in [6, 6.07) is 16.5. The maximum Gasteiger partial charge on any atom is 0.220 e. The van der Waals surface area contributed by atoms with Gasteiger partial charge in [-0.05, 0) is 30.3 Å². The molecule has 0 saturated heterocycles. The first kappa shape index (κ1) is 25.0. The number of amides is 1. The molecule has 0 radical (unpaired) electrons. The van der Waals surface area contributed by atoms with Crippen molar-refractivity contribution in [2.75, 3.05) is 30.9 Å². The summed E-state index contributed by atoms with van der Waals surface area (Å²) < 4.78 is 25.5. The predicted octanol–water partition coefficient (Wildman–Crippen LogP) is 2.02. The van der Waals surface area contributed by atoms with Crippen molar-refractivity contribution in [1.82, 2.24) is 10.0 Å². The molecule has 34 heavy (non-hydrogen) atoms. The zero-order valence-electron chi connectivity index (χ0n) is 19.3. The molecule has 0 aromatic heterocycles. The number of carbonyl (C=O) groups is 2. The fourth-order valence-electron chi connectivity index (χ4n) is 3.74. The molecule has 0 aliphatic carbocycles. The fourth-order valence-corrected chi connectivity index (χ4v) is 4.52. The van der Waals surface area contributed by atoms with E-state index < -0.39 is 15.8 Å². The number of nitrogens with zero attached hydrogens (tertiary/aromatic N) is 3. The second-order valence-electron chi connectivity index (χ2n) is 7.90. The van der Waals surface area contributed by atoms with E-state index in [2.05, 4.69) is 10.0 Å². The quantitative estimate of drug-likeness (QED) is 0.415. The zero-order chi connectivity index (χ0) is 24.9. The summed E-state index contributed by atoms with van der Waals surface area (Å²) in [5, 5.41) is 12.4. The normalized spacial score (nSPS) is 12.8. The lowest BCUT2D eigenvalue weighted by atomic mass is 10.1.